The van der Waals surface area contributed by atoms with Gasteiger partial charge in [0.2, 0.25) is 0 Å². The van der Waals surface area contributed by atoms with Crippen molar-refractivity contribution in [3.63, 3.8) is 0 Å². The Morgan fingerprint density at radius 3 is 2.78 bits per heavy atom. The smallest absolute Gasteiger partial charge is 0.0693 e. The van der Waals surface area contributed by atoms with Crippen LogP contribution in [0.15, 0.2) is 12.3 Å². The number of hydrogen-bond acceptors (Lipinski definition) is 3. The average molecular weight is 251 g/mol. The van der Waals surface area contributed by atoms with Crippen LogP contribution in [-0.2, 0) is 18.2 Å². The Labute approximate surface area is 110 Å². The van der Waals surface area contributed by atoms with E-state index in [1.807, 2.05) is 25.0 Å². The fourth-order valence-corrected chi connectivity index (χ4v) is 2.83. The van der Waals surface area contributed by atoms with Crippen molar-refractivity contribution in [1.29, 1.82) is 0 Å². The molecule has 1 aliphatic carbocycles. The first-order valence-corrected chi connectivity index (χ1v) is 6.88. The number of nitrogens with zero attached hydrogens (tertiary/aromatic N) is 2. The summed E-state index contributed by atoms with van der Waals surface area (Å²) in [7, 11) is 5.91. The third-order valence-electron chi connectivity index (χ3n) is 4.40. The summed E-state index contributed by atoms with van der Waals surface area (Å²) in [6.07, 6.45) is 8.94. The van der Waals surface area contributed by atoms with Gasteiger partial charge < -0.3 is 10.1 Å². The monoisotopic (exact) mass is 251 g/mol. The van der Waals surface area contributed by atoms with E-state index in [-0.39, 0.29) is 5.60 Å². The maximum absolute atomic E-state index is 5.71. The lowest BCUT2D eigenvalue weighted by Gasteiger charge is -2.42. The van der Waals surface area contributed by atoms with Gasteiger partial charge in [0, 0.05) is 32.1 Å². The second-order valence-corrected chi connectivity index (χ2v) is 5.42. The van der Waals surface area contributed by atoms with Crippen LogP contribution in [0.4, 0.5) is 0 Å². The lowest BCUT2D eigenvalue weighted by atomic mass is 9.75. The van der Waals surface area contributed by atoms with Gasteiger partial charge in [0.1, 0.15) is 0 Å². The quantitative estimate of drug-likeness (QED) is 0.804. The van der Waals surface area contributed by atoms with Crippen LogP contribution in [0.5, 0.6) is 0 Å². The molecule has 0 aromatic carbocycles. The Balaban J connectivity index is 1.84. The molecule has 4 heteroatoms. The largest absolute Gasteiger partial charge is 0.378 e. The molecule has 0 radical (unpaired) electrons. The van der Waals surface area contributed by atoms with Crippen molar-refractivity contribution in [2.45, 2.75) is 50.2 Å². The summed E-state index contributed by atoms with van der Waals surface area (Å²) in [6.45, 7) is 0. The lowest BCUT2D eigenvalue weighted by molar-refractivity contribution is -0.0835. The summed E-state index contributed by atoms with van der Waals surface area (Å²) in [6, 6.07) is 2.63. The molecule has 1 unspecified atom stereocenters. The van der Waals surface area contributed by atoms with Crippen LogP contribution in [0, 0.1) is 0 Å². The standard InChI is InChI=1S/C14H25N3O/c1-15-12(11-14(18-3)8-4-9-14)5-6-13-7-10-16-17(13)2/h7,10,12,15H,4-6,8-9,11H2,1-3H3. The van der Waals surface area contributed by atoms with Crippen molar-refractivity contribution in [2.24, 2.45) is 7.05 Å². The summed E-state index contributed by atoms with van der Waals surface area (Å²) < 4.78 is 7.67. The molecular weight excluding hydrogens is 226 g/mol. The fraction of sp³-hybridized carbons (Fsp3) is 0.786. The number of aromatic nitrogens is 2. The molecule has 1 aromatic rings. The molecule has 18 heavy (non-hydrogen) atoms. The Hall–Kier alpha value is -0.870. The molecule has 1 aliphatic rings. The molecule has 0 saturated heterocycles. The minimum atomic E-state index is 0.153. The van der Waals surface area contributed by atoms with Crippen molar-refractivity contribution < 1.29 is 4.74 Å². The molecule has 102 valence electrons. The van der Waals surface area contributed by atoms with E-state index in [9.17, 15) is 0 Å². The molecule has 1 heterocycles. The van der Waals surface area contributed by atoms with E-state index in [0.29, 0.717) is 6.04 Å². The van der Waals surface area contributed by atoms with Crippen LogP contribution in [0.1, 0.15) is 37.8 Å². The third-order valence-corrected chi connectivity index (χ3v) is 4.40. The van der Waals surface area contributed by atoms with Gasteiger partial charge in [-0.3, -0.25) is 4.68 Å². The average Bonchev–Trinajstić information content (AvgIpc) is 2.74. The number of rotatable bonds is 7. The molecule has 4 nitrogen and oxygen atoms in total. The van der Waals surface area contributed by atoms with E-state index in [1.54, 1.807) is 0 Å². The molecule has 0 spiro atoms. The van der Waals surface area contributed by atoms with Gasteiger partial charge in [0.05, 0.1) is 5.60 Å². The Morgan fingerprint density at radius 2 is 2.33 bits per heavy atom. The summed E-state index contributed by atoms with van der Waals surface area (Å²) in [5.74, 6) is 0. The molecule has 1 N–H and O–H groups in total. The predicted octanol–water partition coefficient (Wildman–Crippen LogP) is 1.90. The highest BCUT2D eigenvalue weighted by molar-refractivity contribution is 5.01. The van der Waals surface area contributed by atoms with Gasteiger partial charge in [-0.05, 0) is 51.6 Å². The highest BCUT2D eigenvalue weighted by Gasteiger charge is 2.38. The molecule has 0 bridgehead atoms. The maximum Gasteiger partial charge on any atom is 0.0693 e. The van der Waals surface area contributed by atoms with E-state index in [4.69, 9.17) is 4.74 Å². The normalized spacial score (nSPS) is 19.5. The highest BCUT2D eigenvalue weighted by Crippen LogP contribution is 2.39. The Bertz CT molecular complexity index is 365. The number of methoxy groups -OCH3 is 1. The first-order valence-electron chi connectivity index (χ1n) is 6.88. The number of nitrogens with one attached hydrogen (secondary N) is 1. The molecule has 0 amide bonds. The summed E-state index contributed by atoms with van der Waals surface area (Å²) in [5, 5.41) is 7.64. The second kappa shape index (κ2) is 5.85. The van der Waals surface area contributed by atoms with Gasteiger partial charge in [-0.25, -0.2) is 0 Å². The van der Waals surface area contributed by atoms with Crippen molar-refractivity contribution in [1.82, 2.24) is 15.1 Å². The van der Waals surface area contributed by atoms with E-state index in [1.165, 1.54) is 25.0 Å². The zero-order chi connectivity index (χ0) is 13.0. The molecule has 1 fully saturated rings. The van der Waals surface area contributed by atoms with E-state index >= 15 is 0 Å². The summed E-state index contributed by atoms with van der Waals surface area (Å²) >= 11 is 0. The van der Waals surface area contributed by atoms with Crippen molar-refractivity contribution >= 4 is 0 Å². The molecule has 1 atom stereocenters. The van der Waals surface area contributed by atoms with Gasteiger partial charge in [-0.15, -0.1) is 0 Å². The zero-order valence-electron chi connectivity index (χ0n) is 11.8. The first kappa shape index (κ1) is 13.6. The number of aryl methyl sites for hydroxylation is 2. The van der Waals surface area contributed by atoms with Crippen molar-refractivity contribution in [2.75, 3.05) is 14.2 Å². The topological polar surface area (TPSA) is 39.1 Å². The Kier molecular flexibility index (Phi) is 4.40. The van der Waals surface area contributed by atoms with E-state index < -0.39 is 0 Å². The van der Waals surface area contributed by atoms with E-state index in [2.05, 4.69) is 23.5 Å². The number of hydrogen-bond donors (Lipinski definition) is 1. The summed E-state index contributed by atoms with van der Waals surface area (Å²) in [4.78, 5) is 0. The minimum Gasteiger partial charge on any atom is -0.378 e. The van der Waals surface area contributed by atoms with Gasteiger partial charge in [0.15, 0.2) is 0 Å². The van der Waals surface area contributed by atoms with Crippen LogP contribution in [0.2, 0.25) is 0 Å². The van der Waals surface area contributed by atoms with Gasteiger partial charge in [0.25, 0.3) is 0 Å². The van der Waals surface area contributed by atoms with Crippen molar-refractivity contribution in [3.05, 3.63) is 18.0 Å². The maximum atomic E-state index is 5.71. The molecule has 2 rings (SSSR count). The summed E-state index contributed by atoms with van der Waals surface area (Å²) in [5.41, 5.74) is 1.45. The minimum absolute atomic E-state index is 0.153. The molecule has 1 aromatic heterocycles. The highest BCUT2D eigenvalue weighted by atomic mass is 16.5. The van der Waals surface area contributed by atoms with E-state index in [0.717, 1.165) is 19.3 Å². The zero-order valence-corrected chi connectivity index (χ0v) is 11.8. The Morgan fingerprint density at radius 1 is 1.56 bits per heavy atom. The fourth-order valence-electron chi connectivity index (χ4n) is 2.83. The molecule has 1 saturated carbocycles. The van der Waals surface area contributed by atoms with Gasteiger partial charge in [-0.1, -0.05) is 0 Å². The first-order chi connectivity index (χ1) is 8.69. The molecule has 0 aliphatic heterocycles. The van der Waals surface area contributed by atoms with Crippen LogP contribution in [0.25, 0.3) is 0 Å². The third kappa shape index (κ3) is 2.93. The van der Waals surface area contributed by atoms with Gasteiger partial charge >= 0.3 is 0 Å². The number of ether oxygens (including phenoxy) is 1. The molecular formula is C14H25N3O. The van der Waals surface area contributed by atoms with Crippen LogP contribution >= 0.6 is 0 Å². The predicted molar refractivity (Wildman–Crippen MR) is 72.6 cm³/mol. The SMILES string of the molecule is CNC(CCc1ccnn1C)CC1(OC)CCC1. The second-order valence-electron chi connectivity index (χ2n) is 5.42. The lowest BCUT2D eigenvalue weighted by Crippen LogP contribution is -2.45. The van der Waals surface area contributed by atoms with Crippen LogP contribution in [0.3, 0.4) is 0 Å². The van der Waals surface area contributed by atoms with Crippen molar-refractivity contribution in [3.8, 4) is 0 Å². The van der Waals surface area contributed by atoms with Gasteiger partial charge in [-0.2, -0.15) is 5.10 Å². The van der Waals surface area contributed by atoms with Crippen LogP contribution in [-0.4, -0.2) is 35.6 Å². The van der Waals surface area contributed by atoms with Crippen LogP contribution < -0.4 is 5.32 Å².